The SMILES string of the molecule is c1ccc(N(c2cccc3ccccc23)c2cc3c4cc(-c5ccc6c(c5)C5(c7ccccc7-c7ccccc75)c5ccccc5-6)ccc4sc3c3ccccc23)cc1. The van der Waals surface area contributed by atoms with Crippen molar-refractivity contribution in [3.05, 3.63) is 235 Å². The Morgan fingerprint density at radius 1 is 0.339 bits per heavy atom. The molecule has 13 rings (SSSR count). The monoisotopic (exact) mass is 765 g/mol. The van der Waals surface area contributed by atoms with Gasteiger partial charge in [-0.3, -0.25) is 0 Å². The van der Waals surface area contributed by atoms with Crippen molar-refractivity contribution >= 4 is 70.1 Å². The van der Waals surface area contributed by atoms with Gasteiger partial charge in [0.1, 0.15) is 0 Å². The van der Waals surface area contributed by atoms with Gasteiger partial charge in [-0.2, -0.15) is 0 Å². The second kappa shape index (κ2) is 12.4. The van der Waals surface area contributed by atoms with Crippen LogP contribution in [0, 0.1) is 0 Å². The fraction of sp³-hybridized carbons (Fsp3) is 0.0175. The average Bonchev–Trinajstić information content (AvgIpc) is 3.93. The van der Waals surface area contributed by atoms with E-state index in [0.717, 1.165) is 5.69 Å². The molecule has 0 bridgehead atoms. The topological polar surface area (TPSA) is 3.24 Å². The van der Waals surface area contributed by atoms with E-state index in [2.05, 4.69) is 217 Å². The van der Waals surface area contributed by atoms with Gasteiger partial charge in [0.2, 0.25) is 0 Å². The van der Waals surface area contributed by atoms with E-state index in [1.807, 2.05) is 11.3 Å². The van der Waals surface area contributed by atoms with Crippen LogP contribution in [0.2, 0.25) is 0 Å². The Labute approximate surface area is 346 Å². The molecule has 1 heterocycles. The van der Waals surface area contributed by atoms with Crippen molar-refractivity contribution in [1.29, 1.82) is 0 Å². The molecule has 0 amide bonds. The van der Waals surface area contributed by atoms with Gasteiger partial charge in [0.25, 0.3) is 0 Å². The lowest BCUT2D eigenvalue weighted by atomic mass is 9.70. The van der Waals surface area contributed by atoms with E-state index >= 15 is 0 Å². The number of rotatable bonds is 4. The van der Waals surface area contributed by atoms with Crippen LogP contribution in [-0.2, 0) is 5.41 Å². The number of para-hydroxylation sites is 1. The second-order valence-electron chi connectivity index (χ2n) is 15.9. The van der Waals surface area contributed by atoms with Gasteiger partial charge in [0.15, 0.2) is 0 Å². The molecule has 2 heteroatoms. The number of fused-ring (bicyclic) bond motifs is 16. The molecule has 10 aromatic carbocycles. The molecule has 0 N–H and O–H groups in total. The van der Waals surface area contributed by atoms with E-state index < -0.39 is 0 Å². The highest BCUT2D eigenvalue weighted by atomic mass is 32.1. The number of nitrogens with zero attached hydrogens (tertiary/aromatic N) is 1. The summed E-state index contributed by atoms with van der Waals surface area (Å²) in [6, 6.07) is 79.2. The summed E-state index contributed by atoms with van der Waals surface area (Å²) in [5.41, 5.74) is 16.4. The van der Waals surface area contributed by atoms with Gasteiger partial charge >= 0.3 is 0 Å². The molecule has 1 nitrogen and oxygen atoms in total. The summed E-state index contributed by atoms with van der Waals surface area (Å²) >= 11 is 1.90. The van der Waals surface area contributed by atoms with Gasteiger partial charge in [-0.05, 0) is 103 Å². The van der Waals surface area contributed by atoms with Crippen LogP contribution in [0.1, 0.15) is 22.3 Å². The normalized spacial score (nSPS) is 13.2. The molecule has 11 aromatic rings. The zero-order valence-corrected chi connectivity index (χ0v) is 32.9. The quantitative estimate of drug-likeness (QED) is 0.172. The van der Waals surface area contributed by atoms with Crippen molar-refractivity contribution in [2.45, 2.75) is 5.41 Å². The third-order valence-electron chi connectivity index (χ3n) is 13.0. The van der Waals surface area contributed by atoms with Crippen molar-refractivity contribution in [2.75, 3.05) is 4.90 Å². The maximum atomic E-state index is 2.50. The summed E-state index contributed by atoms with van der Waals surface area (Å²) in [4.78, 5) is 2.46. The molecule has 59 heavy (non-hydrogen) atoms. The number of hydrogen-bond donors (Lipinski definition) is 0. The van der Waals surface area contributed by atoms with Crippen LogP contribution in [0.5, 0.6) is 0 Å². The lowest BCUT2D eigenvalue weighted by Crippen LogP contribution is -2.25. The molecular formula is C57H35NS. The second-order valence-corrected chi connectivity index (χ2v) is 17.0. The van der Waals surface area contributed by atoms with Crippen molar-refractivity contribution in [3.8, 4) is 33.4 Å². The molecule has 0 saturated carbocycles. The van der Waals surface area contributed by atoms with Crippen LogP contribution in [0.25, 0.3) is 75.1 Å². The predicted molar refractivity (Wildman–Crippen MR) is 251 cm³/mol. The molecular weight excluding hydrogens is 731 g/mol. The molecule has 2 aliphatic rings. The Morgan fingerprint density at radius 3 is 1.63 bits per heavy atom. The van der Waals surface area contributed by atoms with Gasteiger partial charge in [-0.25, -0.2) is 0 Å². The summed E-state index contributed by atoms with van der Waals surface area (Å²) < 4.78 is 2.62. The molecule has 0 unspecified atom stereocenters. The predicted octanol–water partition coefficient (Wildman–Crippen LogP) is 15.8. The minimum atomic E-state index is -0.370. The van der Waals surface area contributed by atoms with Gasteiger partial charge in [0.05, 0.1) is 16.8 Å². The molecule has 0 aliphatic heterocycles. The van der Waals surface area contributed by atoms with E-state index in [0.29, 0.717) is 0 Å². The lowest BCUT2D eigenvalue weighted by Gasteiger charge is -2.30. The molecule has 0 atom stereocenters. The fourth-order valence-electron chi connectivity index (χ4n) is 10.6. The maximum absolute atomic E-state index is 2.50. The third-order valence-corrected chi connectivity index (χ3v) is 14.3. The standard InChI is InChI=1S/C57H35NS/c1-2-17-39(18-3-1)58(53-28-14-16-36-15-4-5-19-40(36)53)54-35-48-47-33-37(30-32-55(47)59-56(48)46-24-7-6-23-45(46)54)38-29-31-44-43-22-10-13-27-51(43)57(52(44)34-38)49-25-11-8-20-41(49)42-21-9-12-26-50(42)57/h1-35H. The Kier molecular flexibility index (Phi) is 6.87. The largest absolute Gasteiger partial charge is 0.309 e. The fourth-order valence-corrected chi connectivity index (χ4v) is 11.8. The van der Waals surface area contributed by atoms with Crippen LogP contribution >= 0.6 is 11.3 Å². The van der Waals surface area contributed by atoms with E-state index in [1.54, 1.807) is 0 Å². The summed E-state index contributed by atoms with van der Waals surface area (Å²) in [5.74, 6) is 0. The van der Waals surface area contributed by atoms with E-state index in [4.69, 9.17) is 0 Å². The minimum Gasteiger partial charge on any atom is -0.309 e. The first kappa shape index (κ1) is 32.8. The van der Waals surface area contributed by atoms with Crippen molar-refractivity contribution in [2.24, 2.45) is 0 Å². The average molecular weight is 766 g/mol. The van der Waals surface area contributed by atoms with Crippen molar-refractivity contribution in [3.63, 3.8) is 0 Å². The van der Waals surface area contributed by atoms with Gasteiger partial charge < -0.3 is 4.90 Å². The Bertz CT molecular complexity index is 3450. The first-order chi connectivity index (χ1) is 29.3. The minimum absolute atomic E-state index is 0.370. The van der Waals surface area contributed by atoms with Gasteiger partial charge in [-0.1, -0.05) is 170 Å². The highest BCUT2D eigenvalue weighted by Crippen LogP contribution is 2.63. The van der Waals surface area contributed by atoms with E-state index in [1.165, 1.54) is 109 Å². The highest BCUT2D eigenvalue weighted by molar-refractivity contribution is 7.26. The van der Waals surface area contributed by atoms with E-state index in [9.17, 15) is 0 Å². The molecule has 0 radical (unpaired) electrons. The molecule has 1 aromatic heterocycles. The van der Waals surface area contributed by atoms with Crippen LogP contribution < -0.4 is 4.90 Å². The van der Waals surface area contributed by atoms with Crippen molar-refractivity contribution in [1.82, 2.24) is 0 Å². The smallest absolute Gasteiger partial charge is 0.0725 e. The maximum Gasteiger partial charge on any atom is 0.0725 e. The van der Waals surface area contributed by atoms with Gasteiger partial charge in [-0.15, -0.1) is 11.3 Å². The van der Waals surface area contributed by atoms with Crippen LogP contribution in [0.3, 0.4) is 0 Å². The molecule has 0 fully saturated rings. The summed E-state index contributed by atoms with van der Waals surface area (Å²) in [6.07, 6.45) is 0. The zero-order valence-electron chi connectivity index (χ0n) is 32.1. The lowest BCUT2D eigenvalue weighted by molar-refractivity contribution is 0.794. The van der Waals surface area contributed by atoms with Crippen LogP contribution in [-0.4, -0.2) is 0 Å². The molecule has 274 valence electrons. The molecule has 2 aliphatic carbocycles. The van der Waals surface area contributed by atoms with E-state index in [-0.39, 0.29) is 5.41 Å². The molecule has 0 saturated heterocycles. The summed E-state index contributed by atoms with van der Waals surface area (Å²) in [5, 5.41) is 7.54. The first-order valence-corrected chi connectivity index (χ1v) is 21.2. The number of anilines is 3. The Morgan fingerprint density at radius 2 is 0.898 bits per heavy atom. The first-order valence-electron chi connectivity index (χ1n) is 20.4. The zero-order chi connectivity index (χ0) is 38.7. The summed E-state index contributed by atoms with van der Waals surface area (Å²) in [6.45, 7) is 0. The van der Waals surface area contributed by atoms with Crippen molar-refractivity contribution < 1.29 is 0 Å². The summed E-state index contributed by atoms with van der Waals surface area (Å²) in [7, 11) is 0. The Hall–Kier alpha value is -7.26. The Balaban J connectivity index is 1.05. The third kappa shape index (κ3) is 4.50. The number of thiophene rings is 1. The number of benzene rings is 10. The van der Waals surface area contributed by atoms with Gasteiger partial charge in [0, 0.05) is 42.0 Å². The van der Waals surface area contributed by atoms with Crippen LogP contribution in [0.15, 0.2) is 212 Å². The highest BCUT2D eigenvalue weighted by Gasteiger charge is 2.51. The molecule has 1 spiro atoms. The number of hydrogen-bond acceptors (Lipinski definition) is 2. The van der Waals surface area contributed by atoms with Crippen LogP contribution in [0.4, 0.5) is 17.1 Å².